The van der Waals surface area contributed by atoms with Crippen LogP contribution in [0.5, 0.6) is 5.75 Å². The SMILES string of the molecule is CCOC(=O)c1csc(-c2cc3cccc(OCC)c3oc2=O)n1. The zero-order valence-corrected chi connectivity index (χ0v) is 14.0. The smallest absolute Gasteiger partial charge is 0.357 e. The second-order valence-corrected chi connectivity index (χ2v) is 5.67. The molecule has 0 atom stereocenters. The first-order valence-electron chi connectivity index (χ1n) is 7.46. The van der Waals surface area contributed by atoms with Crippen molar-refractivity contribution in [1.82, 2.24) is 4.98 Å². The molecule has 0 saturated heterocycles. The minimum atomic E-state index is -0.528. The van der Waals surface area contributed by atoms with Crippen LogP contribution >= 0.6 is 11.3 Å². The Hall–Kier alpha value is -2.67. The highest BCUT2D eigenvalue weighted by molar-refractivity contribution is 7.13. The molecule has 0 aliphatic heterocycles. The van der Waals surface area contributed by atoms with Crippen LogP contribution in [0.4, 0.5) is 0 Å². The van der Waals surface area contributed by atoms with Crippen LogP contribution in [0.15, 0.2) is 38.9 Å². The highest BCUT2D eigenvalue weighted by atomic mass is 32.1. The van der Waals surface area contributed by atoms with Gasteiger partial charge in [-0.3, -0.25) is 0 Å². The second kappa shape index (κ2) is 6.84. The van der Waals surface area contributed by atoms with Gasteiger partial charge < -0.3 is 13.9 Å². The number of carbonyl (C=O) groups is 1. The van der Waals surface area contributed by atoms with Crippen LogP contribution in [0.3, 0.4) is 0 Å². The van der Waals surface area contributed by atoms with Gasteiger partial charge in [0.05, 0.1) is 18.8 Å². The van der Waals surface area contributed by atoms with Crippen molar-refractivity contribution in [2.45, 2.75) is 13.8 Å². The topological polar surface area (TPSA) is 78.6 Å². The van der Waals surface area contributed by atoms with Gasteiger partial charge in [-0.1, -0.05) is 12.1 Å². The van der Waals surface area contributed by atoms with Crippen molar-refractivity contribution < 1.29 is 18.7 Å². The third-order valence-electron chi connectivity index (χ3n) is 3.24. The quantitative estimate of drug-likeness (QED) is 0.520. The van der Waals surface area contributed by atoms with Gasteiger partial charge in [-0.25, -0.2) is 14.6 Å². The zero-order valence-electron chi connectivity index (χ0n) is 13.2. The molecule has 7 heteroatoms. The fraction of sp³-hybridized carbons (Fsp3) is 0.235. The molecule has 6 nitrogen and oxygen atoms in total. The maximum absolute atomic E-state index is 12.3. The lowest BCUT2D eigenvalue weighted by atomic mass is 10.2. The first-order chi connectivity index (χ1) is 11.6. The summed E-state index contributed by atoms with van der Waals surface area (Å²) >= 11 is 1.19. The summed E-state index contributed by atoms with van der Waals surface area (Å²) in [5.41, 5.74) is 0.353. The van der Waals surface area contributed by atoms with Gasteiger partial charge in [0.2, 0.25) is 0 Å². The standard InChI is InChI=1S/C17H15NO5S/c1-3-21-13-7-5-6-10-8-11(16(19)23-14(10)13)15-18-12(9-24-15)17(20)22-4-2/h5-9H,3-4H2,1-2H3. The van der Waals surface area contributed by atoms with Gasteiger partial charge in [-0.05, 0) is 26.0 Å². The van der Waals surface area contributed by atoms with E-state index >= 15 is 0 Å². The average molecular weight is 345 g/mol. The Morgan fingerprint density at radius 3 is 2.88 bits per heavy atom. The number of para-hydroxylation sites is 1. The zero-order chi connectivity index (χ0) is 17.1. The van der Waals surface area contributed by atoms with Crippen molar-refractivity contribution in [3.63, 3.8) is 0 Å². The summed E-state index contributed by atoms with van der Waals surface area (Å²) in [5, 5.41) is 2.70. The van der Waals surface area contributed by atoms with Gasteiger partial charge in [0.1, 0.15) is 5.01 Å². The summed E-state index contributed by atoms with van der Waals surface area (Å²) < 4.78 is 15.8. The van der Waals surface area contributed by atoms with E-state index < -0.39 is 11.6 Å². The van der Waals surface area contributed by atoms with E-state index in [0.29, 0.717) is 28.5 Å². The van der Waals surface area contributed by atoms with E-state index in [0.717, 1.165) is 5.39 Å². The highest BCUT2D eigenvalue weighted by Gasteiger charge is 2.17. The molecule has 0 bridgehead atoms. The summed E-state index contributed by atoms with van der Waals surface area (Å²) in [7, 11) is 0. The molecule has 0 aliphatic carbocycles. The lowest BCUT2D eigenvalue weighted by Crippen LogP contribution is -2.06. The van der Waals surface area contributed by atoms with E-state index in [-0.39, 0.29) is 12.3 Å². The summed E-state index contributed by atoms with van der Waals surface area (Å²) in [4.78, 5) is 28.2. The number of hydrogen-bond acceptors (Lipinski definition) is 7. The number of carbonyl (C=O) groups excluding carboxylic acids is 1. The molecule has 2 aromatic heterocycles. The Kier molecular flexibility index (Phi) is 4.61. The minimum absolute atomic E-state index is 0.180. The molecule has 0 N–H and O–H groups in total. The van der Waals surface area contributed by atoms with Crippen LogP contribution in [0, 0.1) is 0 Å². The molecule has 3 aromatic rings. The summed E-state index contributed by atoms with van der Waals surface area (Å²) in [6.07, 6.45) is 0. The lowest BCUT2D eigenvalue weighted by molar-refractivity contribution is 0.0520. The molecule has 0 fully saturated rings. The first kappa shape index (κ1) is 16.2. The van der Waals surface area contributed by atoms with E-state index in [1.54, 1.807) is 24.4 Å². The number of thiazole rings is 1. The molecule has 0 amide bonds. The number of benzene rings is 1. The van der Waals surface area contributed by atoms with E-state index in [2.05, 4.69) is 4.98 Å². The van der Waals surface area contributed by atoms with Crippen LogP contribution in [0.25, 0.3) is 21.5 Å². The predicted molar refractivity (Wildman–Crippen MR) is 90.7 cm³/mol. The molecule has 0 saturated carbocycles. The van der Waals surface area contributed by atoms with Crippen molar-refractivity contribution >= 4 is 28.3 Å². The molecule has 24 heavy (non-hydrogen) atoms. The van der Waals surface area contributed by atoms with Gasteiger partial charge in [0, 0.05) is 10.8 Å². The summed E-state index contributed by atoms with van der Waals surface area (Å²) in [6, 6.07) is 7.08. The molecule has 0 spiro atoms. The Labute approximate surface area is 141 Å². The van der Waals surface area contributed by atoms with Crippen molar-refractivity contribution in [2.24, 2.45) is 0 Å². The number of hydrogen-bond donors (Lipinski definition) is 0. The number of ether oxygens (including phenoxy) is 2. The van der Waals surface area contributed by atoms with Gasteiger partial charge in [0.25, 0.3) is 0 Å². The fourth-order valence-corrected chi connectivity index (χ4v) is 3.02. The monoisotopic (exact) mass is 345 g/mol. The van der Waals surface area contributed by atoms with Gasteiger partial charge >= 0.3 is 11.6 Å². The summed E-state index contributed by atoms with van der Waals surface area (Å²) in [5.74, 6) is 0.00816. The lowest BCUT2D eigenvalue weighted by Gasteiger charge is -2.06. The van der Waals surface area contributed by atoms with Crippen molar-refractivity contribution in [3.05, 3.63) is 45.8 Å². The maximum atomic E-state index is 12.3. The molecule has 3 rings (SSSR count). The van der Waals surface area contributed by atoms with Crippen molar-refractivity contribution in [2.75, 3.05) is 13.2 Å². The molecule has 2 heterocycles. The van der Waals surface area contributed by atoms with Gasteiger partial charge in [-0.15, -0.1) is 11.3 Å². The fourth-order valence-electron chi connectivity index (χ4n) is 2.23. The van der Waals surface area contributed by atoms with Crippen LogP contribution in [0.2, 0.25) is 0 Å². The van der Waals surface area contributed by atoms with Gasteiger partial charge in [-0.2, -0.15) is 0 Å². The van der Waals surface area contributed by atoms with Gasteiger partial charge in [0.15, 0.2) is 17.0 Å². The Morgan fingerprint density at radius 2 is 2.12 bits per heavy atom. The number of nitrogens with zero attached hydrogens (tertiary/aromatic N) is 1. The molecule has 0 radical (unpaired) electrons. The van der Waals surface area contributed by atoms with E-state index in [1.165, 1.54) is 11.3 Å². The highest BCUT2D eigenvalue weighted by Crippen LogP contribution is 2.29. The van der Waals surface area contributed by atoms with Crippen LogP contribution < -0.4 is 10.4 Å². The minimum Gasteiger partial charge on any atom is -0.490 e. The molecule has 0 aliphatic rings. The Balaban J connectivity index is 2.06. The first-order valence-corrected chi connectivity index (χ1v) is 8.34. The second-order valence-electron chi connectivity index (χ2n) is 4.81. The predicted octanol–water partition coefficient (Wildman–Crippen LogP) is 3.49. The van der Waals surface area contributed by atoms with Crippen LogP contribution in [-0.4, -0.2) is 24.2 Å². The molecule has 1 aromatic carbocycles. The number of rotatable bonds is 5. The van der Waals surface area contributed by atoms with Crippen molar-refractivity contribution in [3.8, 4) is 16.3 Å². The molecular formula is C17H15NO5S. The maximum Gasteiger partial charge on any atom is 0.357 e. The largest absolute Gasteiger partial charge is 0.490 e. The van der Waals surface area contributed by atoms with Crippen LogP contribution in [0.1, 0.15) is 24.3 Å². The summed E-state index contributed by atoms with van der Waals surface area (Å²) in [6.45, 7) is 4.32. The molecule has 124 valence electrons. The van der Waals surface area contributed by atoms with Crippen LogP contribution in [-0.2, 0) is 4.74 Å². The number of esters is 1. The third-order valence-corrected chi connectivity index (χ3v) is 4.12. The molecular weight excluding hydrogens is 330 g/mol. The number of fused-ring (bicyclic) bond motifs is 1. The average Bonchev–Trinajstić information content (AvgIpc) is 3.05. The molecule has 0 unspecified atom stereocenters. The van der Waals surface area contributed by atoms with E-state index in [4.69, 9.17) is 13.9 Å². The Bertz CT molecular complexity index is 944. The normalized spacial score (nSPS) is 10.8. The third kappa shape index (κ3) is 3.03. The number of aromatic nitrogens is 1. The van der Waals surface area contributed by atoms with Crippen molar-refractivity contribution in [1.29, 1.82) is 0 Å². The Morgan fingerprint density at radius 1 is 1.29 bits per heavy atom. The van der Waals surface area contributed by atoms with E-state index in [1.807, 2.05) is 19.1 Å². The van der Waals surface area contributed by atoms with E-state index in [9.17, 15) is 9.59 Å².